The topological polar surface area (TPSA) is 76.4 Å². The number of ether oxygens (including phenoxy) is 2. The molecule has 0 N–H and O–H groups in total. The molecule has 106 valence electrons. The Morgan fingerprint density at radius 3 is 2.50 bits per heavy atom. The highest BCUT2D eigenvalue weighted by Gasteiger charge is 2.11. The Bertz CT molecular complexity index is 531. The predicted octanol–water partition coefficient (Wildman–Crippen LogP) is 2.23. The van der Waals surface area contributed by atoms with Gasteiger partial charge >= 0.3 is 11.9 Å². The Morgan fingerprint density at radius 2 is 1.90 bits per heavy atom. The number of rotatable bonds is 6. The summed E-state index contributed by atoms with van der Waals surface area (Å²) in [6.45, 7) is 4.08. The fourth-order valence-electron chi connectivity index (χ4n) is 1.71. The van der Waals surface area contributed by atoms with Crippen molar-refractivity contribution < 1.29 is 19.1 Å². The summed E-state index contributed by atoms with van der Waals surface area (Å²) in [5.74, 6) is -0.758. The van der Waals surface area contributed by atoms with Gasteiger partial charge < -0.3 is 9.47 Å². The average Bonchev–Trinajstić information content (AvgIpc) is 2.45. The van der Waals surface area contributed by atoms with Gasteiger partial charge in [-0.05, 0) is 38.0 Å². The number of carbonyl (C=O) groups is 2. The first-order valence-electron chi connectivity index (χ1n) is 6.48. The number of hydrogen-bond donors (Lipinski definition) is 0. The number of carbonyl (C=O) groups excluding carboxylic acids is 2. The maximum Gasteiger partial charge on any atom is 0.338 e. The minimum atomic E-state index is -0.457. The molecule has 0 radical (unpaired) electrons. The van der Waals surface area contributed by atoms with Crippen LogP contribution in [0.15, 0.2) is 18.2 Å². The predicted molar refractivity (Wildman–Crippen MR) is 72.1 cm³/mol. The molecule has 20 heavy (non-hydrogen) atoms. The minimum Gasteiger partial charge on any atom is -0.466 e. The van der Waals surface area contributed by atoms with Crippen LogP contribution < -0.4 is 0 Å². The maximum atomic E-state index is 11.6. The third-order valence-electron chi connectivity index (χ3n) is 2.65. The number of nitriles is 1. The van der Waals surface area contributed by atoms with Gasteiger partial charge in [0, 0.05) is 6.42 Å². The Morgan fingerprint density at radius 1 is 1.20 bits per heavy atom. The van der Waals surface area contributed by atoms with Gasteiger partial charge in [0.15, 0.2) is 0 Å². The molecule has 1 aromatic rings. The van der Waals surface area contributed by atoms with Crippen molar-refractivity contribution in [2.24, 2.45) is 0 Å². The van der Waals surface area contributed by atoms with Crippen LogP contribution in [0.1, 0.15) is 41.8 Å². The van der Waals surface area contributed by atoms with Gasteiger partial charge in [0.25, 0.3) is 0 Å². The lowest BCUT2D eigenvalue weighted by atomic mass is 10.0. The van der Waals surface area contributed by atoms with Crippen LogP contribution in [0.4, 0.5) is 0 Å². The molecule has 0 saturated carbocycles. The lowest BCUT2D eigenvalue weighted by Gasteiger charge is -2.07. The van der Waals surface area contributed by atoms with Crippen molar-refractivity contribution in [3.63, 3.8) is 0 Å². The van der Waals surface area contributed by atoms with E-state index < -0.39 is 5.97 Å². The Hall–Kier alpha value is -2.35. The lowest BCUT2D eigenvalue weighted by molar-refractivity contribution is -0.143. The molecule has 0 fully saturated rings. The molecule has 0 aromatic heterocycles. The van der Waals surface area contributed by atoms with Crippen LogP contribution in [-0.2, 0) is 20.7 Å². The monoisotopic (exact) mass is 275 g/mol. The molecule has 0 atom stereocenters. The highest BCUT2D eigenvalue weighted by Crippen LogP contribution is 2.14. The van der Waals surface area contributed by atoms with Gasteiger partial charge in [-0.25, -0.2) is 4.79 Å². The van der Waals surface area contributed by atoms with Gasteiger partial charge in [0.1, 0.15) is 0 Å². The van der Waals surface area contributed by atoms with Gasteiger partial charge in [0.2, 0.25) is 0 Å². The van der Waals surface area contributed by atoms with Crippen LogP contribution in [0.5, 0.6) is 0 Å². The molecule has 0 aliphatic rings. The molecule has 1 rings (SSSR count). The second-order valence-corrected chi connectivity index (χ2v) is 4.01. The molecule has 1 aromatic carbocycles. The van der Waals surface area contributed by atoms with Crippen molar-refractivity contribution in [1.29, 1.82) is 5.26 Å². The van der Waals surface area contributed by atoms with Crippen LogP contribution in [0, 0.1) is 11.3 Å². The van der Waals surface area contributed by atoms with E-state index in [1.165, 1.54) is 6.07 Å². The Balaban J connectivity index is 2.81. The molecule has 0 amide bonds. The number of aryl methyl sites for hydroxylation is 1. The zero-order chi connectivity index (χ0) is 15.0. The molecule has 5 nitrogen and oxygen atoms in total. The van der Waals surface area contributed by atoms with Crippen LogP contribution >= 0.6 is 0 Å². The van der Waals surface area contributed by atoms with Crippen LogP contribution in [0.2, 0.25) is 0 Å². The van der Waals surface area contributed by atoms with E-state index >= 15 is 0 Å². The smallest absolute Gasteiger partial charge is 0.338 e. The first-order valence-corrected chi connectivity index (χ1v) is 6.48. The van der Waals surface area contributed by atoms with Crippen LogP contribution in [0.3, 0.4) is 0 Å². The van der Waals surface area contributed by atoms with E-state index in [1.807, 2.05) is 6.07 Å². The van der Waals surface area contributed by atoms with Gasteiger partial charge in [-0.15, -0.1) is 0 Å². The van der Waals surface area contributed by atoms with Gasteiger partial charge in [-0.1, -0.05) is 6.07 Å². The summed E-state index contributed by atoms with van der Waals surface area (Å²) in [4.78, 5) is 22.9. The quantitative estimate of drug-likeness (QED) is 0.744. The average molecular weight is 275 g/mol. The molecule has 0 aliphatic carbocycles. The van der Waals surface area contributed by atoms with E-state index in [4.69, 9.17) is 14.7 Å². The van der Waals surface area contributed by atoms with Crippen LogP contribution in [0.25, 0.3) is 0 Å². The second kappa shape index (κ2) is 7.95. The second-order valence-electron chi connectivity index (χ2n) is 4.01. The fraction of sp³-hybridized carbons (Fsp3) is 0.400. The third kappa shape index (κ3) is 4.39. The highest BCUT2D eigenvalue weighted by molar-refractivity contribution is 5.90. The van der Waals surface area contributed by atoms with E-state index in [1.54, 1.807) is 26.0 Å². The van der Waals surface area contributed by atoms with E-state index in [-0.39, 0.29) is 19.0 Å². The van der Waals surface area contributed by atoms with Gasteiger partial charge in [-0.2, -0.15) is 5.26 Å². The number of hydrogen-bond acceptors (Lipinski definition) is 5. The zero-order valence-electron chi connectivity index (χ0n) is 11.6. The van der Waals surface area contributed by atoms with E-state index in [0.29, 0.717) is 29.7 Å². The molecule has 0 bridgehead atoms. The third-order valence-corrected chi connectivity index (χ3v) is 2.65. The molecule has 0 unspecified atom stereocenters. The standard InChI is InChI=1S/C15H17NO4/c1-3-19-14(17)8-7-11-5-6-12(9-13(11)10-16)15(18)20-4-2/h5-6,9H,3-4,7-8H2,1-2H3. The first kappa shape index (κ1) is 15.7. The summed E-state index contributed by atoms with van der Waals surface area (Å²) in [5.41, 5.74) is 1.43. The molecule has 0 heterocycles. The number of nitrogens with zero attached hydrogens (tertiary/aromatic N) is 1. The molecular weight excluding hydrogens is 258 g/mol. The summed E-state index contributed by atoms with van der Waals surface area (Å²) in [6, 6.07) is 6.78. The minimum absolute atomic E-state index is 0.210. The fourth-order valence-corrected chi connectivity index (χ4v) is 1.71. The normalized spacial score (nSPS) is 9.65. The number of esters is 2. The van der Waals surface area contributed by atoms with Crippen LogP contribution in [-0.4, -0.2) is 25.2 Å². The lowest BCUT2D eigenvalue weighted by Crippen LogP contribution is -2.08. The van der Waals surface area contributed by atoms with Crippen molar-refractivity contribution in [2.75, 3.05) is 13.2 Å². The summed E-state index contributed by atoms with van der Waals surface area (Å²) in [5, 5.41) is 9.10. The molecule has 0 aliphatic heterocycles. The van der Waals surface area contributed by atoms with Crippen molar-refractivity contribution in [3.8, 4) is 6.07 Å². The molecule has 0 saturated heterocycles. The van der Waals surface area contributed by atoms with E-state index in [2.05, 4.69) is 0 Å². The summed E-state index contributed by atoms with van der Waals surface area (Å²) >= 11 is 0. The van der Waals surface area contributed by atoms with E-state index in [9.17, 15) is 9.59 Å². The summed E-state index contributed by atoms with van der Waals surface area (Å²) in [7, 11) is 0. The summed E-state index contributed by atoms with van der Waals surface area (Å²) in [6.07, 6.45) is 0.617. The first-order chi connectivity index (χ1) is 9.62. The van der Waals surface area contributed by atoms with Crippen molar-refractivity contribution in [1.82, 2.24) is 0 Å². The Labute approximate surface area is 118 Å². The summed E-state index contributed by atoms with van der Waals surface area (Å²) < 4.78 is 9.71. The van der Waals surface area contributed by atoms with Crippen molar-refractivity contribution >= 4 is 11.9 Å². The number of benzene rings is 1. The molecular formula is C15H17NO4. The van der Waals surface area contributed by atoms with Gasteiger partial charge in [0.05, 0.1) is 30.4 Å². The Kier molecular flexibility index (Phi) is 6.24. The molecule has 0 spiro atoms. The zero-order valence-corrected chi connectivity index (χ0v) is 11.6. The largest absolute Gasteiger partial charge is 0.466 e. The van der Waals surface area contributed by atoms with Crippen molar-refractivity contribution in [2.45, 2.75) is 26.7 Å². The van der Waals surface area contributed by atoms with E-state index in [0.717, 1.165) is 0 Å². The maximum absolute atomic E-state index is 11.6. The highest BCUT2D eigenvalue weighted by atomic mass is 16.5. The van der Waals surface area contributed by atoms with Gasteiger partial charge in [-0.3, -0.25) is 4.79 Å². The molecule has 5 heteroatoms. The van der Waals surface area contributed by atoms with Crippen molar-refractivity contribution in [3.05, 3.63) is 34.9 Å². The SMILES string of the molecule is CCOC(=O)CCc1ccc(C(=O)OCC)cc1C#N.